The Morgan fingerprint density at radius 1 is 0.886 bits per heavy atom. The van der Waals surface area contributed by atoms with Gasteiger partial charge in [-0.1, -0.05) is 55.3 Å². The Morgan fingerprint density at radius 2 is 1.66 bits per heavy atom. The zero-order chi connectivity index (χ0) is 24.1. The lowest BCUT2D eigenvalue weighted by Gasteiger charge is -2.13. The third kappa shape index (κ3) is 3.53. The van der Waals surface area contributed by atoms with Gasteiger partial charge in [0, 0.05) is 35.4 Å². The summed E-state index contributed by atoms with van der Waals surface area (Å²) in [6, 6.07) is 23.2. The zero-order valence-corrected chi connectivity index (χ0v) is 20.6. The minimum Gasteiger partial charge on any atom is -0.455 e. The number of furan rings is 1. The molecule has 0 amide bonds. The highest BCUT2D eigenvalue weighted by Gasteiger charge is 2.26. The second kappa shape index (κ2) is 8.40. The minimum atomic E-state index is 0.630. The number of rotatable bonds is 3. The van der Waals surface area contributed by atoms with Gasteiger partial charge in [0.15, 0.2) is 11.4 Å². The van der Waals surface area contributed by atoms with E-state index >= 15 is 0 Å². The van der Waals surface area contributed by atoms with Gasteiger partial charge in [0.2, 0.25) is 5.69 Å². The van der Waals surface area contributed by atoms with E-state index in [1.165, 1.54) is 48.2 Å². The average molecular weight is 458 g/mol. The standard InChI is InChI=1S/C32H29N2O/c1-20-14-15-26-28-19-25(33-3)18-27(23-12-6-5-7-13-23)31(28)35-32(26)30(20)29-17-24(16-21(2)34(29)4)22-10-8-9-11-22/h5-7,12-19,22H,8-11H2,1-2,4H3/q+1. The molecule has 0 radical (unpaired) electrons. The lowest BCUT2D eigenvalue weighted by molar-refractivity contribution is -0.666. The predicted molar refractivity (Wildman–Crippen MR) is 143 cm³/mol. The van der Waals surface area contributed by atoms with Gasteiger partial charge in [-0.15, -0.1) is 0 Å². The van der Waals surface area contributed by atoms with E-state index in [1.54, 1.807) is 0 Å². The Morgan fingerprint density at radius 3 is 2.40 bits per heavy atom. The van der Waals surface area contributed by atoms with Crippen LogP contribution in [0.2, 0.25) is 0 Å². The quantitative estimate of drug-likeness (QED) is 0.196. The van der Waals surface area contributed by atoms with Gasteiger partial charge in [-0.2, -0.15) is 4.57 Å². The van der Waals surface area contributed by atoms with E-state index in [2.05, 4.69) is 66.7 Å². The number of hydrogen-bond donors (Lipinski definition) is 0. The molecular weight excluding hydrogens is 428 g/mol. The van der Waals surface area contributed by atoms with E-state index in [-0.39, 0.29) is 0 Å². The highest BCUT2D eigenvalue weighted by Crippen LogP contribution is 2.43. The second-order valence-electron chi connectivity index (χ2n) is 9.94. The van der Waals surface area contributed by atoms with Crippen LogP contribution in [0.4, 0.5) is 5.69 Å². The summed E-state index contributed by atoms with van der Waals surface area (Å²) in [6.07, 6.45) is 5.20. The van der Waals surface area contributed by atoms with E-state index < -0.39 is 0 Å². The summed E-state index contributed by atoms with van der Waals surface area (Å²) in [7, 11) is 2.15. The van der Waals surface area contributed by atoms with Crippen molar-refractivity contribution in [1.29, 1.82) is 0 Å². The van der Waals surface area contributed by atoms with Crippen molar-refractivity contribution in [2.75, 3.05) is 0 Å². The molecule has 1 aliphatic carbocycles. The number of benzene rings is 3. The van der Waals surface area contributed by atoms with Crippen LogP contribution in [0.15, 0.2) is 71.1 Å². The van der Waals surface area contributed by atoms with E-state index in [1.807, 2.05) is 30.3 Å². The van der Waals surface area contributed by atoms with Gasteiger partial charge in [0.1, 0.15) is 18.2 Å². The molecule has 0 atom stereocenters. The van der Waals surface area contributed by atoms with Gasteiger partial charge >= 0.3 is 0 Å². The normalized spacial score (nSPS) is 14.1. The third-order valence-electron chi connectivity index (χ3n) is 7.80. The third-order valence-corrected chi connectivity index (χ3v) is 7.80. The van der Waals surface area contributed by atoms with Crippen molar-refractivity contribution in [3.05, 3.63) is 95.0 Å². The van der Waals surface area contributed by atoms with Gasteiger partial charge in [-0.25, -0.2) is 4.85 Å². The minimum absolute atomic E-state index is 0.630. The Balaban J connectivity index is 1.67. The van der Waals surface area contributed by atoms with Crippen molar-refractivity contribution in [1.82, 2.24) is 0 Å². The van der Waals surface area contributed by atoms with Crippen LogP contribution in [0, 0.1) is 20.4 Å². The van der Waals surface area contributed by atoms with Gasteiger partial charge < -0.3 is 4.42 Å². The van der Waals surface area contributed by atoms with Crippen LogP contribution >= 0.6 is 0 Å². The van der Waals surface area contributed by atoms with Crippen molar-refractivity contribution >= 4 is 27.6 Å². The Labute approximate surface area is 206 Å². The number of pyridine rings is 1. The van der Waals surface area contributed by atoms with E-state index in [9.17, 15) is 0 Å². The maximum Gasteiger partial charge on any atom is 0.216 e. The number of nitrogens with zero attached hydrogens (tertiary/aromatic N) is 2. The maximum absolute atomic E-state index is 7.70. The smallest absolute Gasteiger partial charge is 0.216 e. The van der Waals surface area contributed by atoms with Gasteiger partial charge in [-0.05, 0) is 54.5 Å². The Bertz CT molecular complexity index is 1630. The molecule has 2 aromatic heterocycles. The summed E-state index contributed by atoms with van der Waals surface area (Å²) in [5.41, 5.74) is 10.6. The predicted octanol–water partition coefficient (Wildman–Crippen LogP) is 8.57. The fraction of sp³-hybridized carbons (Fsp3) is 0.250. The first-order valence-corrected chi connectivity index (χ1v) is 12.5. The van der Waals surface area contributed by atoms with Crippen molar-refractivity contribution < 1.29 is 8.98 Å². The monoisotopic (exact) mass is 457 g/mol. The molecule has 0 bridgehead atoms. The van der Waals surface area contributed by atoms with Crippen LogP contribution < -0.4 is 4.57 Å². The Hall–Kier alpha value is -3.90. The number of aryl methyl sites for hydroxylation is 2. The van der Waals surface area contributed by atoms with Crippen molar-refractivity contribution in [2.24, 2.45) is 7.05 Å². The number of fused-ring (bicyclic) bond motifs is 3. The summed E-state index contributed by atoms with van der Waals surface area (Å²) in [5.74, 6) is 0.648. The summed E-state index contributed by atoms with van der Waals surface area (Å²) in [6.45, 7) is 12.1. The molecule has 0 N–H and O–H groups in total. The fourth-order valence-electron chi connectivity index (χ4n) is 5.80. The zero-order valence-electron chi connectivity index (χ0n) is 20.6. The largest absolute Gasteiger partial charge is 0.455 e. The SMILES string of the molecule is [C-]#[N+]c1cc(-c2ccccc2)c2oc3c(-c4cc(C5CCCC5)cc(C)[n+]4C)c(C)ccc3c2c1. The molecule has 0 aliphatic heterocycles. The van der Waals surface area contributed by atoms with Gasteiger partial charge in [0.25, 0.3) is 0 Å². The average Bonchev–Trinajstić information content (AvgIpc) is 3.54. The molecule has 1 fully saturated rings. The molecule has 0 spiro atoms. The lowest BCUT2D eigenvalue weighted by Crippen LogP contribution is -2.35. The topological polar surface area (TPSA) is 21.4 Å². The molecule has 2 heterocycles. The highest BCUT2D eigenvalue weighted by atomic mass is 16.3. The summed E-state index contributed by atoms with van der Waals surface area (Å²) >= 11 is 0. The molecule has 0 unspecified atom stereocenters. The molecule has 3 aromatic carbocycles. The molecule has 172 valence electrons. The second-order valence-corrected chi connectivity index (χ2v) is 9.94. The van der Waals surface area contributed by atoms with E-state index in [0.717, 1.165) is 38.6 Å². The fourth-order valence-corrected chi connectivity index (χ4v) is 5.80. The van der Waals surface area contributed by atoms with Gasteiger partial charge in [-0.3, -0.25) is 0 Å². The molecule has 1 aliphatic rings. The summed E-state index contributed by atoms with van der Waals surface area (Å²) in [5, 5.41) is 2.06. The van der Waals surface area contributed by atoms with E-state index in [4.69, 9.17) is 11.0 Å². The van der Waals surface area contributed by atoms with Crippen LogP contribution in [-0.2, 0) is 7.05 Å². The van der Waals surface area contributed by atoms with Crippen LogP contribution in [0.5, 0.6) is 0 Å². The molecule has 3 heteroatoms. The first-order valence-electron chi connectivity index (χ1n) is 12.5. The lowest BCUT2D eigenvalue weighted by atomic mass is 9.93. The maximum atomic E-state index is 7.70. The first-order chi connectivity index (χ1) is 17.0. The van der Waals surface area contributed by atoms with Crippen molar-refractivity contribution in [3.63, 3.8) is 0 Å². The highest BCUT2D eigenvalue weighted by molar-refractivity contribution is 6.14. The van der Waals surface area contributed by atoms with E-state index in [0.29, 0.717) is 11.6 Å². The molecule has 0 saturated heterocycles. The molecule has 3 nitrogen and oxygen atoms in total. The number of aromatic nitrogens is 1. The van der Waals surface area contributed by atoms with Crippen molar-refractivity contribution in [3.8, 4) is 22.4 Å². The molecule has 5 aromatic rings. The van der Waals surface area contributed by atoms with Crippen LogP contribution in [0.3, 0.4) is 0 Å². The summed E-state index contributed by atoms with van der Waals surface area (Å²) < 4.78 is 9.04. The molecular formula is C32H29N2O+. The van der Waals surface area contributed by atoms with Gasteiger partial charge in [0.05, 0.1) is 12.1 Å². The van der Waals surface area contributed by atoms with Crippen LogP contribution in [0.25, 0.3) is 49.2 Å². The van der Waals surface area contributed by atoms with Crippen LogP contribution in [-0.4, -0.2) is 0 Å². The van der Waals surface area contributed by atoms with Crippen molar-refractivity contribution in [2.45, 2.75) is 45.4 Å². The first kappa shape index (κ1) is 21.6. The summed E-state index contributed by atoms with van der Waals surface area (Å²) in [4.78, 5) is 3.78. The molecule has 1 saturated carbocycles. The molecule has 35 heavy (non-hydrogen) atoms. The van der Waals surface area contributed by atoms with Crippen LogP contribution in [0.1, 0.15) is 48.4 Å². The molecule has 6 rings (SSSR count). The number of hydrogen-bond acceptors (Lipinski definition) is 1. The Kier molecular flexibility index (Phi) is 5.19.